The Labute approximate surface area is 121 Å². The van der Waals surface area contributed by atoms with Gasteiger partial charge in [0.2, 0.25) is 0 Å². The van der Waals surface area contributed by atoms with Gasteiger partial charge in [-0.05, 0) is 56.8 Å². The zero-order valence-corrected chi connectivity index (χ0v) is 12.5. The number of rotatable bonds is 6. The summed E-state index contributed by atoms with van der Waals surface area (Å²) < 4.78 is 11.9. The molecule has 3 heteroatoms. The molecule has 110 valence electrons. The molecule has 3 nitrogen and oxygen atoms in total. The summed E-state index contributed by atoms with van der Waals surface area (Å²) in [7, 11) is 0. The second-order valence-electron chi connectivity index (χ2n) is 5.98. The first-order chi connectivity index (χ1) is 9.76. The maximum atomic E-state index is 6.04. The van der Waals surface area contributed by atoms with Crippen molar-refractivity contribution in [2.45, 2.75) is 63.9 Å². The van der Waals surface area contributed by atoms with Crippen LogP contribution in [0.15, 0.2) is 24.3 Å². The lowest BCUT2D eigenvalue weighted by Crippen LogP contribution is -2.32. The van der Waals surface area contributed by atoms with Gasteiger partial charge >= 0.3 is 0 Å². The van der Waals surface area contributed by atoms with E-state index in [2.05, 4.69) is 43.4 Å². The summed E-state index contributed by atoms with van der Waals surface area (Å²) in [4.78, 5) is 0. The van der Waals surface area contributed by atoms with E-state index in [4.69, 9.17) is 9.47 Å². The molecule has 1 saturated carbocycles. The van der Waals surface area contributed by atoms with Crippen LogP contribution in [0.3, 0.4) is 0 Å². The minimum Gasteiger partial charge on any atom is -0.490 e. The third-order valence-corrected chi connectivity index (χ3v) is 4.13. The van der Waals surface area contributed by atoms with Gasteiger partial charge < -0.3 is 14.8 Å². The first-order valence-corrected chi connectivity index (χ1v) is 7.91. The highest BCUT2D eigenvalue weighted by Gasteiger charge is 2.30. The molecule has 0 spiro atoms. The average Bonchev–Trinajstić information content (AvgIpc) is 3.17. The van der Waals surface area contributed by atoms with Crippen LogP contribution in [-0.4, -0.2) is 24.9 Å². The SMILES string of the molecule is CCNC(c1ccc(OC2CC2)cc1)C1CCC(C)O1. The van der Waals surface area contributed by atoms with Crippen LogP contribution in [-0.2, 0) is 4.74 Å². The standard InChI is InChI=1S/C17H25NO2/c1-3-18-17(16-11-4-12(2)19-16)13-5-7-14(8-6-13)20-15-9-10-15/h5-8,12,15-18H,3-4,9-11H2,1-2H3. The van der Waals surface area contributed by atoms with E-state index in [0.717, 1.165) is 25.1 Å². The maximum Gasteiger partial charge on any atom is 0.119 e. The molecule has 1 aromatic carbocycles. The van der Waals surface area contributed by atoms with E-state index in [0.29, 0.717) is 24.4 Å². The zero-order valence-electron chi connectivity index (χ0n) is 12.5. The molecule has 20 heavy (non-hydrogen) atoms. The second kappa shape index (κ2) is 6.15. The highest BCUT2D eigenvalue weighted by Crippen LogP contribution is 2.32. The first kappa shape index (κ1) is 13.9. The van der Waals surface area contributed by atoms with Crippen LogP contribution < -0.4 is 10.1 Å². The van der Waals surface area contributed by atoms with Gasteiger partial charge in [0.15, 0.2) is 0 Å². The first-order valence-electron chi connectivity index (χ1n) is 7.91. The van der Waals surface area contributed by atoms with Crippen LogP contribution in [0.1, 0.15) is 51.1 Å². The molecule has 1 saturated heterocycles. The summed E-state index contributed by atoms with van der Waals surface area (Å²) in [6.45, 7) is 5.27. The van der Waals surface area contributed by atoms with E-state index >= 15 is 0 Å². The smallest absolute Gasteiger partial charge is 0.119 e. The molecule has 1 aromatic rings. The molecule has 3 rings (SSSR count). The highest BCUT2D eigenvalue weighted by molar-refractivity contribution is 5.30. The van der Waals surface area contributed by atoms with Crippen LogP contribution in [0.5, 0.6) is 5.75 Å². The van der Waals surface area contributed by atoms with Crippen molar-refractivity contribution in [3.05, 3.63) is 29.8 Å². The second-order valence-corrected chi connectivity index (χ2v) is 5.98. The van der Waals surface area contributed by atoms with Gasteiger partial charge in [-0.2, -0.15) is 0 Å². The van der Waals surface area contributed by atoms with Gasteiger partial charge in [0.1, 0.15) is 5.75 Å². The molecular weight excluding hydrogens is 250 g/mol. The lowest BCUT2D eigenvalue weighted by atomic mass is 9.99. The minimum atomic E-state index is 0.292. The van der Waals surface area contributed by atoms with Crippen molar-refractivity contribution in [2.24, 2.45) is 0 Å². The summed E-state index contributed by atoms with van der Waals surface area (Å²) >= 11 is 0. The van der Waals surface area contributed by atoms with Crippen molar-refractivity contribution in [1.82, 2.24) is 5.32 Å². The Morgan fingerprint density at radius 1 is 1.20 bits per heavy atom. The fraction of sp³-hybridized carbons (Fsp3) is 0.647. The summed E-state index contributed by atoms with van der Waals surface area (Å²) in [6, 6.07) is 8.83. The summed E-state index contributed by atoms with van der Waals surface area (Å²) in [5.41, 5.74) is 1.30. The predicted molar refractivity (Wildman–Crippen MR) is 80.1 cm³/mol. The molecule has 0 bridgehead atoms. The van der Waals surface area contributed by atoms with Gasteiger partial charge in [-0.1, -0.05) is 19.1 Å². The molecule has 2 aliphatic rings. The molecule has 2 fully saturated rings. The molecule has 1 aliphatic heterocycles. The summed E-state index contributed by atoms with van der Waals surface area (Å²) in [5.74, 6) is 0.993. The van der Waals surface area contributed by atoms with Gasteiger partial charge in [0.25, 0.3) is 0 Å². The number of ether oxygens (including phenoxy) is 2. The van der Waals surface area contributed by atoms with Crippen LogP contribution in [0, 0.1) is 0 Å². The Bertz CT molecular complexity index is 427. The largest absolute Gasteiger partial charge is 0.490 e. The van der Waals surface area contributed by atoms with E-state index in [1.54, 1.807) is 0 Å². The molecule has 1 heterocycles. The van der Waals surface area contributed by atoms with E-state index < -0.39 is 0 Å². The van der Waals surface area contributed by atoms with Crippen molar-refractivity contribution in [1.29, 1.82) is 0 Å². The van der Waals surface area contributed by atoms with Crippen molar-refractivity contribution < 1.29 is 9.47 Å². The Morgan fingerprint density at radius 3 is 2.50 bits per heavy atom. The van der Waals surface area contributed by atoms with Crippen LogP contribution >= 0.6 is 0 Å². The Kier molecular flexibility index (Phi) is 4.27. The van der Waals surface area contributed by atoms with Gasteiger partial charge in [-0.15, -0.1) is 0 Å². The van der Waals surface area contributed by atoms with E-state index in [-0.39, 0.29) is 0 Å². The normalized spacial score (nSPS) is 27.5. The Balaban J connectivity index is 1.69. The molecule has 0 aromatic heterocycles. The number of hydrogen-bond acceptors (Lipinski definition) is 3. The number of likely N-dealkylation sites (N-methyl/N-ethyl adjacent to an activating group) is 1. The third kappa shape index (κ3) is 3.33. The molecule has 0 amide bonds. The number of hydrogen-bond donors (Lipinski definition) is 1. The van der Waals surface area contributed by atoms with Crippen molar-refractivity contribution in [3.8, 4) is 5.75 Å². The maximum absolute atomic E-state index is 6.04. The number of benzene rings is 1. The molecular formula is C17H25NO2. The Morgan fingerprint density at radius 2 is 1.95 bits per heavy atom. The van der Waals surface area contributed by atoms with Crippen LogP contribution in [0.2, 0.25) is 0 Å². The average molecular weight is 275 g/mol. The zero-order chi connectivity index (χ0) is 13.9. The molecule has 1 aliphatic carbocycles. The monoisotopic (exact) mass is 275 g/mol. The van der Waals surface area contributed by atoms with Crippen LogP contribution in [0.25, 0.3) is 0 Å². The van der Waals surface area contributed by atoms with E-state index in [9.17, 15) is 0 Å². The topological polar surface area (TPSA) is 30.5 Å². The molecule has 3 atom stereocenters. The lowest BCUT2D eigenvalue weighted by molar-refractivity contribution is 0.0319. The summed E-state index contributed by atoms with van der Waals surface area (Å²) in [5, 5.41) is 3.57. The van der Waals surface area contributed by atoms with Gasteiger partial charge in [-0.3, -0.25) is 0 Å². The minimum absolute atomic E-state index is 0.292. The fourth-order valence-corrected chi connectivity index (χ4v) is 2.89. The van der Waals surface area contributed by atoms with Gasteiger partial charge in [0.05, 0.1) is 24.4 Å². The van der Waals surface area contributed by atoms with Gasteiger partial charge in [-0.25, -0.2) is 0 Å². The molecule has 1 N–H and O–H groups in total. The van der Waals surface area contributed by atoms with Crippen LogP contribution in [0.4, 0.5) is 0 Å². The van der Waals surface area contributed by atoms with Crippen molar-refractivity contribution in [3.63, 3.8) is 0 Å². The Hall–Kier alpha value is -1.06. The van der Waals surface area contributed by atoms with E-state index in [1.165, 1.54) is 18.4 Å². The summed E-state index contributed by atoms with van der Waals surface area (Å²) in [6.07, 6.45) is 5.85. The predicted octanol–water partition coefficient (Wildman–Crippen LogP) is 3.45. The van der Waals surface area contributed by atoms with Crippen molar-refractivity contribution in [2.75, 3.05) is 6.54 Å². The highest BCUT2D eigenvalue weighted by atomic mass is 16.5. The molecule has 0 radical (unpaired) electrons. The molecule has 3 unspecified atom stereocenters. The fourth-order valence-electron chi connectivity index (χ4n) is 2.89. The third-order valence-electron chi connectivity index (χ3n) is 4.13. The number of nitrogens with one attached hydrogen (secondary N) is 1. The lowest BCUT2D eigenvalue weighted by Gasteiger charge is -2.25. The van der Waals surface area contributed by atoms with Crippen molar-refractivity contribution >= 4 is 0 Å². The van der Waals surface area contributed by atoms with E-state index in [1.807, 2.05) is 0 Å². The van der Waals surface area contributed by atoms with Gasteiger partial charge in [0, 0.05) is 0 Å². The quantitative estimate of drug-likeness (QED) is 0.862.